The van der Waals surface area contributed by atoms with Gasteiger partial charge in [0.2, 0.25) is 0 Å². The first-order valence-electron chi connectivity index (χ1n) is 13.5. The van der Waals surface area contributed by atoms with Gasteiger partial charge in [-0.2, -0.15) is 0 Å². The number of rotatable bonds is 4. The van der Waals surface area contributed by atoms with E-state index < -0.39 is 5.60 Å². The lowest BCUT2D eigenvalue weighted by Gasteiger charge is -2.53. The largest absolute Gasteiger partial charge is 0.458 e. The van der Waals surface area contributed by atoms with Gasteiger partial charge in [0, 0.05) is 17.8 Å². The summed E-state index contributed by atoms with van der Waals surface area (Å²) in [4.78, 5) is 12.2. The topological polar surface area (TPSA) is 46.5 Å². The number of hydrogen-bond acceptors (Lipinski definition) is 3. The number of ketones is 1. The van der Waals surface area contributed by atoms with Gasteiger partial charge in [0.25, 0.3) is 0 Å². The minimum absolute atomic E-state index is 0.206. The number of allylic oxidation sites excluding steroid dienone is 7. The van der Waals surface area contributed by atoms with Crippen molar-refractivity contribution >= 4 is 5.78 Å². The van der Waals surface area contributed by atoms with Crippen molar-refractivity contribution in [1.29, 1.82) is 0 Å². The summed E-state index contributed by atoms with van der Waals surface area (Å²) in [6.07, 6.45) is 13.9. The Morgan fingerprint density at radius 2 is 1.92 bits per heavy atom. The van der Waals surface area contributed by atoms with E-state index in [0.717, 1.165) is 50.0 Å². The molecule has 3 heteroatoms. The van der Waals surface area contributed by atoms with Crippen molar-refractivity contribution < 1.29 is 14.6 Å². The average molecular weight is 483 g/mol. The minimum Gasteiger partial charge on any atom is -0.458 e. The van der Waals surface area contributed by atoms with Gasteiger partial charge in [0.1, 0.15) is 17.1 Å². The van der Waals surface area contributed by atoms with E-state index >= 15 is 0 Å². The molecule has 2 fully saturated rings. The van der Waals surface area contributed by atoms with Crippen LogP contribution in [0.15, 0.2) is 71.0 Å². The van der Waals surface area contributed by atoms with E-state index in [-0.39, 0.29) is 17.1 Å². The van der Waals surface area contributed by atoms with Crippen LogP contribution >= 0.6 is 0 Å². The number of benzene rings is 1. The van der Waals surface area contributed by atoms with E-state index in [1.54, 1.807) is 0 Å². The third kappa shape index (κ3) is 4.00. The predicted molar refractivity (Wildman–Crippen MR) is 144 cm³/mol. The van der Waals surface area contributed by atoms with Gasteiger partial charge in [-0.3, -0.25) is 4.79 Å². The summed E-state index contributed by atoms with van der Waals surface area (Å²) in [6, 6.07) is 8.52. The molecule has 36 heavy (non-hydrogen) atoms. The SMILES string of the molecule is CC#C[C@]1(O)CC[C@H]2[C@@H]3CCC4=CC(=O)CCC4=C3[C@@H](c3ccc(OC(/C=C\C)=C/C)cc3)C[C@@]21C. The normalized spacial score (nSPS) is 33.9. The predicted octanol–water partition coefficient (Wildman–Crippen LogP) is 7.20. The van der Waals surface area contributed by atoms with Gasteiger partial charge in [0.15, 0.2) is 5.78 Å². The Kier molecular flexibility index (Phi) is 6.60. The van der Waals surface area contributed by atoms with E-state index in [1.807, 2.05) is 45.1 Å². The van der Waals surface area contributed by atoms with E-state index in [2.05, 4.69) is 43.0 Å². The number of carbonyl (C=O) groups excluding carboxylic acids is 1. The molecule has 0 heterocycles. The van der Waals surface area contributed by atoms with E-state index in [4.69, 9.17) is 4.74 Å². The van der Waals surface area contributed by atoms with E-state index in [9.17, 15) is 9.90 Å². The average Bonchev–Trinajstić information content (AvgIpc) is 3.13. The molecule has 4 aliphatic rings. The summed E-state index contributed by atoms with van der Waals surface area (Å²) in [7, 11) is 0. The fourth-order valence-corrected chi connectivity index (χ4v) is 7.63. The van der Waals surface area contributed by atoms with Crippen molar-refractivity contribution in [3.63, 3.8) is 0 Å². The van der Waals surface area contributed by atoms with Crippen LogP contribution in [0.4, 0.5) is 0 Å². The lowest BCUT2D eigenvalue weighted by Crippen LogP contribution is -2.51. The summed E-state index contributed by atoms with van der Waals surface area (Å²) in [5, 5.41) is 11.8. The lowest BCUT2D eigenvalue weighted by atomic mass is 9.51. The maximum atomic E-state index is 12.2. The summed E-state index contributed by atoms with van der Waals surface area (Å²) in [5.74, 6) is 9.25. The first-order chi connectivity index (χ1) is 17.3. The quantitative estimate of drug-likeness (QED) is 0.280. The van der Waals surface area contributed by atoms with Crippen LogP contribution in [0.2, 0.25) is 0 Å². The number of hydrogen-bond donors (Lipinski definition) is 1. The van der Waals surface area contributed by atoms with Gasteiger partial charge in [-0.25, -0.2) is 0 Å². The van der Waals surface area contributed by atoms with E-state index in [1.165, 1.54) is 22.3 Å². The van der Waals surface area contributed by atoms with E-state index in [0.29, 0.717) is 18.3 Å². The Bertz CT molecular complexity index is 1230. The standard InChI is InChI=1S/C33H38O3/c1-5-8-25(7-3)36-26-13-9-22(10-14-26)29-21-32(4)30(17-19-33(32,35)18-6-2)28-15-11-23-20-24(34)12-16-27(23)31(28)29/h5,7-10,13-14,20,28-30,35H,11-12,15-17,19,21H2,1-4H3/b8-5-,25-7+/t28-,29+,30-,32-,33-/m0/s1. The smallest absolute Gasteiger partial charge is 0.156 e. The second-order valence-electron chi connectivity index (χ2n) is 11.1. The maximum absolute atomic E-state index is 12.2. The molecule has 1 aromatic carbocycles. The highest BCUT2D eigenvalue weighted by Crippen LogP contribution is 2.66. The highest BCUT2D eigenvalue weighted by Gasteiger charge is 2.62. The van der Waals surface area contributed by atoms with Crippen LogP contribution in [0.1, 0.15) is 84.1 Å². The first-order valence-corrected chi connectivity index (χ1v) is 13.5. The molecule has 0 radical (unpaired) electrons. The molecule has 0 unspecified atom stereocenters. The monoisotopic (exact) mass is 482 g/mol. The number of carbonyl (C=O) groups is 1. The fourth-order valence-electron chi connectivity index (χ4n) is 7.63. The van der Waals surface area contributed by atoms with Gasteiger partial charge in [-0.15, -0.1) is 5.92 Å². The zero-order chi connectivity index (χ0) is 25.5. The van der Waals surface area contributed by atoms with Crippen LogP contribution in [-0.2, 0) is 4.79 Å². The Hall–Kier alpha value is -2.83. The number of ether oxygens (including phenoxy) is 1. The van der Waals surface area contributed by atoms with Crippen molar-refractivity contribution in [2.75, 3.05) is 0 Å². The third-order valence-electron chi connectivity index (χ3n) is 9.35. The molecular formula is C33H38O3. The van der Waals surface area contributed by atoms with Gasteiger partial charge in [-0.05, 0) is 118 Å². The Balaban J connectivity index is 1.59. The zero-order valence-electron chi connectivity index (χ0n) is 22.1. The first kappa shape index (κ1) is 24.8. The molecule has 0 amide bonds. The molecule has 5 rings (SSSR count). The Morgan fingerprint density at radius 3 is 2.61 bits per heavy atom. The van der Waals surface area contributed by atoms with Crippen LogP contribution in [-0.4, -0.2) is 16.5 Å². The minimum atomic E-state index is -0.949. The van der Waals surface area contributed by atoms with Crippen molar-refractivity contribution in [2.45, 2.75) is 84.2 Å². The summed E-state index contributed by atoms with van der Waals surface area (Å²) in [6.45, 7) is 8.08. The van der Waals surface area contributed by atoms with Gasteiger partial charge >= 0.3 is 0 Å². The number of fused-ring (bicyclic) bond motifs is 4. The van der Waals surface area contributed by atoms with Crippen LogP contribution in [0.3, 0.4) is 0 Å². The van der Waals surface area contributed by atoms with Crippen LogP contribution in [0.25, 0.3) is 0 Å². The number of aliphatic hydroxyl groups is 1. The van der Waals surface area contributed by atoms with Gasteiger partial charge in [0.05, 0.1) is 0 Å². The highest BCUT2D eigenvalue weighted by molar-refractivity contribution is 5.93. The van der Waals surface area contributed by atoms with Crippen molar-refractivity contribution in [2.24, 2.45) is 17.3 Å². The van der Waals surface area contributed by atoms with Crippen LogP contribution < -0.4 is 4.74 Å². The molecule has 0 aliphatic heterocycles. The highest BCUT2D eigenvalue weighted by atomic mass is 16.5. The maximum Gasteiger partial charge on any atom is 0.156 e. The molecule has 3 nitrogen and oxygen atoms in total. The van der Waals surface area contributed by atoms with Crippen molar-refractivity contribution in [3.05, 3.63) is 76.6 Å². The molecule has 4 aliphatic carbocycles. The second-order valence-corrected chi connectivity index (χ2v) is 11.1. The van der Waals surface area contributed by atoms with Crippen LogP contribution in [0.5, 0.6) is 5.75 Å². The molecular weight excluding hydrogens is 444 g/mol. The molecule has 1 N–H and O–H groups in total. The molecule has 0 spiro atoms. The molecule has 0 bridgehead atoms. The molecule has 188 valence electrons. The second kappa shape index (κ2) is 9.56. The molecule has 5 atom stereocenters. The molecule has 0 aromatic heterocycles. The zero-order valence-corrected chi connectivity index (χ0v) is 22.1. The van der Waals surface area contributed by atoms with Gasteiger partial charge < -0.3 is 9.84 Å². The summed E-state index contributed by atoms with van der Waals surface area (Å²) < 4.78 is 6.06. The summed E-state index contributed by atoms with van der Waals surface area (Å²) >= 11 is 0. The fraction of sp³-hybridized carbons (Fsp3) is 0.485. The lowest BCUT2D eigenvalue weighted by molar-refractivity contribution is -0.114. The van der Waals surface area contributed by atoms with Gasteiger partial charge in [-0.1, -0.05) is 36.6 Å². The molecule has 0 saturated heterocycles. The van der Waals surface area contributed by atoms with Crippen molar-refractivity contribution in [1.82, 2.24) is 0 Å². The molecule has 2 saturated carbocycles. The van der Waals surface area contributed by atoms with Crippen LogP contribution in [0, 0.1) is 29.1 Å². The Morgan fingerprint density at radius 1 is 1.14 bits per heavy atom. The third-order valence-corrected chi connectivity index (χ3v) is 9.35. The summed E-state index contributed by atoms with van der Waals surface area (Å²) in [5.41, 5.74) is 4.28. The molecule has 1 aromatic rings. The van der Waals surface area contributed by atoms with Crippen molar-refractivity contribution in [3.8, 4) is 17.6 Å². The Labute approximate surface area is 216 Å².